The van der Waals surface area contributed by atoms with E-state index in [0.717, 1.165) is 35.1 Å². The summed E-state index contributed by atoms with van der Waals surface area (Å²) in [6, 6.07) is 41.3. The standard InChI is InChI=1S/C44H57NO2/c1-2-3-4-5-6-7-8-9-10-11-12-13-26-35-43(46)42(37-47-36-38-27-18-14-19-28-38)45-44(39-29-20-15-21-30-39,40-31-22-16-23-32-40)41-33-24-17-25-34-41/h14-25,27-34,42,45H,2-13,26,35-37H2,1H3/t42-/m0/s1. The lowest BCUT2D eigenvalue weighted by Crippen LogP contribution is -2.54. The number of ether oxygens (including phenoxy) is 1. The number of Topliss-reactive ketones (excluding diaryl/α,β-unsaturated/α-hetero) is 1. The third-order valence-electron chi connectivity index (χ3n) is 9.32. The Morgan fingerprint density at radius 2 is 0.936 bits per heavy atom. The van der Waals surface area contributed by atoms with Crippen molar-refractivity contribution in [3.05, 3.63) is 144 Å². The van der Waals surface area contributed by atoms with Gasteiger partial charge in [-0.25, -0.2) is 0 Å². The van der Waals surface area contributed by atoms with Crippen LogP contribution in [0.15, 0.2) is 121 Å². The van der Waals surface area contributed by atoms with Gasteiger partial charge in [0.1, 0.15) is 0 Å². The molecule has 0 amide bonds. The average molecular weight is 632 g/mol. The van der Waals surface area contributed by atoms with Crippen molar-refractivity contribution >= 4 is 5.78 Å². The number of hydrogen-bond donors (Lipinski definition) is 1. The van der Waals surface area contributed by atoms with Gasteiger partial charge in [-0.3, -0.25) is 10.1 Å². The molecule has 0 saturated carbocycles. The van der Waals surface area contributed by atoms with E-state index in [1.165, 1.54) is 70.6 Å². The highest BCUT2D eigenvalue weighted by Crippen LogP contribution is 2.37. The zero-order chi connectivity index (χ0) is 32.8. The predicted molar refractivity (Wildman–Crippen MR) is 198 cm³/mol. The SMILES string of the molecule is CCCCCCCCCCCCCCCC(=O)[C@H](COCc1ccccc1)NC(c1ccccc1)(c1ccccc1)c1ccccc1. The molecular formula is C44H57NO2. The summed E-state index contributed by atoms with van der Waals surface area (Å²) in [6.07, 6.45) is 17.4. The summed E-state index contributed by atoms with van der Waals surface area (Å²) >= 11 is 0. The van der Waals surface area contributed by atoms with E-state index in [1.807, 2.05) is 36.4 Å². The Hall–Kier alpha value is -3.53. The second kappa shape index (κ2) is 21.4. The van der Waals surface area contributed by atoms with Crippen molar-refractivity contribution in [2.24, 2.45) is 0 Å². The van der Waals surface area contributed by atoms with Crippen molar-refractivity contribution in [2.45, 2.75) is 115 Å². The van der Waals surface area contributed by atoms with Gasteiger partial charge < -0.3 is 4.74 Å². The molecule has 3 heteroatoms. The molecule has 0 spiro atoms. The van der Waals surface area contributed by atoms with Gasteiger partial charge in [0.2, 0.25) is 0 Å². The molecule has 0 saturated heterocycles. The summed E-state index contributed by atoms with van der Waals surface area (Å²) < 4.78 is 6.29. The second-order valence-corrected chi connectivity index (χ2v) is 13.0. The lowest BCUT2D eigenvalue weighted by molar-refractivity contribution is -0.123. The highest BCUT2D eigenvalue weighted by Gasteiger charge is 2.39. The predicted octanol–water partition coefficient (Wildman–Crippen LogP) is 11.2. The van der Waals surface area contributed by atoms with Gasteiger partial charge in [-0.1, -0.05) is 205 Å². The maximum atomic E-state index is 14.1. The lowest BCUT2D eigenvalue weighted by atomic mass is 9.76. The number of hydrogen-bond acceptors (Lipinski definition) is 3. The molecule has 47 heavy (non-hydrogen) atoms. The highest BCUT2D eigenvalue weighted by molar-refractivity contribution is 5.84. The summed E-state index contributed by atoms with van der Waals surface area (Å²) in [7, 11) is 0. The van der Waals surface area contributed by atoms with Crippen LogP contribution in [-0.4, -0.2) is 18.4 Å². The summed E-state index contributed by atoms with van der Waals surface area (Å²) in [6.45, 7) is 3.06. The highest BCUT2D eigenvalue weighted by atomic mass is 16.5. The van der Waals surface area contributed by atoms with E-state index in [-0.39, 0.29) is 5.78 Å². The molecule has 3 nitrogen and oxygen atoms in total. The van der Waals surface area contributed by atoms with Gasteiger partial charge in [0.25, 0.3) is 0 Å². The fourth-order valence-electron chi connectivity index (χ4n) is 6.65. The van der Waals surface area contributed by atoms with E-state index < -0.39 is 11.6 Å². The topological polar surface area (TPSA) is 38.3 Å². The third-order valence-corrected chi connectivity index (χ3v) is 9.32. The number of carbonyl (C=O) groups excluding carboxylic acids is 1. The maximum Gasteiger partial charge on any atom is 0.152 e. The number of benzene rings is 4. The minimum Gasteiger partial charge on any atom is -0.375 e. The molecule has 1 atom stereocenters. The Balaban J connectivity index is 1.43. The molecule has 4 aromatic carbocycles. The number of nitrogens with one attached hydrogen (secondary N) is 1. The fraction of sp³-hybridized carbons (Fsp3) is 0.432. The van der Waals surface area contributed by atoms with E-state index >= 15 is 0 Å². The quantitative estimate of drug-likeness (QED) is 0.0618. The van der Waals surface area contributed by atoms with E-state index in [0.29, 0.717) is 19.6 Å². The zero-order valence-electron chi connectivity index (χ0n) is 28.8. The maximum absolute atomic E-state index is 14.1. The second-order valence-electron chi connectivity index (χ2n) is 13.0. The van der Waals surface area contributed by atoms with Crippen molar-refractivity contribution in [1.82, 2.24) is 5.32 Å². The van der Waals surface area contributed by atoms with Gasteiger partial charge in [-0.2, -0.15) is 0 Å². The van der Waals surface area contributed by atoms with Crippen LogP contribution in [0.1, 0.15) is 119 Å². The Labute approximate surface area is 285 Å². The van der Waals surface area contributed by atoms with Crippen LogP contribution in [0.4, 0.5) is 0 Å². The number of rotatable bonds is 24. The first-order valence-corrected chi connectivity index (χ1v) is 18.3. The molecule has 0 aliphatic heterocycles. The molecular weight excluding hydrogens is 574 g/mol. The van der Waals surface area contributed by atoms with Gasteiger partial charge >= 0.3 is 0 Å². The van der Waals surface area contributed by atoms with Crippen LogP contribution < -0.4 is 5.32 Å². The molecule has 0 fully saturated rings. The molecule has 0 radical (unpaired) electrons. The lowest BCUT2D eigenvalue weighted by Gasteiger charge is -2.40. The summed E-state index contributed by atoms with van der Waals surface area (Å²) in [5.74, 6) is 0.216. The Morgan fingerprint density at radius 1 is 0.553 bits per heavy atom. The Bertz CT molecular complexity index is 1260. The smallest absolute Gasteiger partial charge is 0.152 e. The van der Waals surface area contributed by atoms with Gasteiger partial charge in [0, 0.05) is 6.42 Å². The van der Waals surface area contributed by atoms with Gasteiger partial charge in [0.05, 0.1) is 24.8 Å². The Kier molecular flexibility index (Phi) is 16.5. The number of ketones is 1. The first-order chi connectivity index (χ1) is 23.2. The van der Waals surface area contributed by atoms with Crippen molar-refractivity contribution in [1.29, 1.82) is 0 Å². The van der Waals surface area contributed by atoms with E-state index in [4.69, 9.17) is 4.74 Å². The molecule has 4 rings (SSSR count). The molecule has 4 aromatic rings. The molecule has 250 valence electrons. The Morgan fingerprint density at radius 3 is 1.36 bits per heavy atom. The van der Waals surface area contributed by atoms with Crippen LogP contribution >= 0.6 is 0 Å². The fourth-order valence-corrected chi connectivity index (χ4v) is 6.65. The first-order valence-electron chi connectivity index (χ1n) is 18.3. The zero-order valence-corrected chi connectivity index (χ0v) is 28.8. The number of carbonyl (C=O) groups is 1. The normalized spacial score (nSPS) is 12.2. The molecule has 0 aliphatic carbocycles. The van der Waals surface area contributed by atoms with Crippen LogP contribution in [0, 0.1) is 0 Å². The van der Waals surface area contributed by atoms with Gasteiger partial charge in [0.15, 0.2) is 5.78 Å². The monoisotopic (exact) mass is 631 g/mol. The van der Waals surface area contributed by atoms with Crippen LogP contribution in [0.3, 0.4) is 0 Å². The molecule has 0 heterocycles. The number of unbranched alkanes of at least 4 members (excludes halogenated alkanes) is 12. The molecule has 0 bridgehead atoms. The van der Waals surface area contributed by atoms with Crippen molar-refractivity contribution in [3.63, 3.8) is 0 Å². The third kappa shape index (κ3) is 11.9. The summed E-state index contributed by atoms with van der Waals surface area (Å²) in [5.41, 5.74) is 3.67. The van der Waals surface area contributed by atoms with Crippen LogP contribution in [-0.2, 0) is 21.7 Å². The molecule has 0 aliphatic rings. The minimum atomic E-state index is -0.726. The van der Waals surface area contributed by atoms with Crippen molar-refractivity contribution in [2.75, 3.05) is 6.61 Å². The van der Waals surface area contributed by atoms with Crippen LogP contribution in [0.2, 0.25) is 0 Å². The molecule has 0 unspecified atom stereocenters. The first kappa shape index (κ1) is 36.3. The van der Waals surface area contributed by atoms with E-state index in [2.05, 4.69) is 97.2 Å². The van der Waals surface area contributed by atoms with Crippen LogP contribution in [0.5, 0.6) is 0 Å². The van der Waals surface area contributed by atoms with E-state index in [1.54, 1.807) is 0 Å². The van der Waals surface area contributed by atoms with Crippen molar-refractivity contribution < 1.29 is 9.53 Å². The summed E-state index contributed by atoms with van der Waals surface area (Å²) in [5, 5.41) is 3.92. The average Bonchev–Trinajstić information content (AvgIpc) is 3.13. The molecule has 1 N–H and O–H groups in total. The van der Waals surface area contributed by atoms with E-state index in [9.17, 15) is 4.79 Å². The minimum absolute atomic E-state index is 0.216. The largest absolute Gasteiger partial charge is 0.375 e. The van der Waals surface area contributed by atoms with Crippen LogP contribution in [0.25, 0.3) is 0 Å². The molecule has 0 aromatic heterocycles. The van der Waals surface area contributed by atoms with Gasteiger partial charge in [-0.15, -0.1) is 0 Å². The van der Waals surface area contributed by atoms with Gasteiger partial charge in [-0.05, 0) is 28.7 Å². The summed E-state index contributed by atoms with van der Waals surface area (Å²) in [4.78, 5) is 14.1. The van der Waals surface area contributed by atoms with Crippen molar-refractivity contribution in [3.8, 4) is 0 Å².